The van der Waals surface area contributed by atoms with Crippen LogP contribution in [0.1, 0.15) is 55.2 Å². The summed E-state index contributed by atoms with van der Waals surface area (Å²) in [6.07, 6.45) is 3.09. The summed E-state index contributed by atoms with van der Waals surface area (Å²) in [6, 6.07) is 15.8. The van der Waals surface area contributed by atoms with E-state index in [4.69, 9.17) is 0 Å². The monoisotopic (exact) mass is 447 g/mol. The fourth-order valence-electron chi connectivity index (χ4n) is 3.50. The van der Waals surface area contributed by atoms with Gasteiger partial charge in [0, 0.05) is 42.4 Å². The van der Waals surface area contributed by atoms with Gasteiger partial charge < -0.3 is 5.32 Å². The van der Waals surface area contributed by atoms with Crippen LogP contribution in [0.3, 0.4) is 0 Å². The number of rotatable bonds is 9. The molecule has 162 valence electrons. The Morgan fingerprint density at radius 3 is 2.25 bits per heavy atom. The van der Waals surface area contributed by atoms with Crippen molar-refractivity contribution in [2.24, 2.45) is 0 Å². The molecule has 32 heavy (non-hydrogen) atoms. The third-order valence-corrected chi connectivity index (χ3v) is 6.14. The molecule has 0 radical (unpaired) electrons. The van der Waals surface area contributed by atoms with Gasteiger partial charge in [-0.15, -0.1) is 11.3 Å². The van der Waals surface area contributed by atoms with Crippen molar-refractivity contribution >= 4 is 40.0 Å². The first kappa shape index (κ1) is 21.6. The molecule has 4 rings (SSSR count). The number of hydrogen-bond acceptors (Lipinski definition) is 6. The maximum atomic E-state index is 12.4. The standard InChI is InChI=1S/C24H21N3O4S/c28-20(16-7-2-1-3-8-16)11-6-12-21(29)26-24-25-15-17(32-24)13-14-27-22(30)18-9-4-5-10-19(18)23(27)31/h1-5,7-10,15H,6,11-14H2,(H,25,26,29). The first-order valence-corrected chi connectivity index (χ1v) is 11.1. The maximum Gasteiger partial charge on any atom is 0.261 e. The molecule has 0 saturated carbocycles. The Morgan fingerprint density at radius 1 is 0.906 bits per heavy atom. The lowest BCUT2D eigenvalue weighted by molar-refractivity contribution is -0.116. The molecule has 0 atom stereocenters. The molecule has 1 aromatic heterocycles. The third-order valence-electron chi connectivity index (χ3n) is 5.16. The van der Waals surface area contributed by atoms with Crippen molar-refractivity contribution in [1.82, 2.24) is 9.88 Å². The van der Waals surface area contributed by atoms with Gasteiger partial charge in [-0.05, 0) is 18.6 Å². The van der Waals surface area contributed by atoms with Crippen molar-refractivity contribution < 1.29 is 19.2 Å². The zero-order valence-electron chi connectivity index (χ0n) is 17.2. The lowest BCUT2D eigenvalue weighted by Gasteiger charge is -2.12. The number of carbonyl (C=O) groups is 4. The number of amides is 3. The van der Waals surface area contributed by atoms with E-state index in [1.165, 1.54) is 16.2 Å². The third kappa shape index (κ3) is 4.81. The summed E-state index contributed by atoms with van der Waals surface area (Å²) >= 11 is 1.31. The summed E-state index contributed by atoms with van der Waals surface area (Å²) < 4.78 is 0. The summed E-state index contributed by atoms with van der Waals surface area (Å²) in [6.45, 7) is 0.253. The van der Waals surface area contributed by atoms with Crippen LogP contribution in [0.25, 0.3) is 0 Å². The number of ketones is 1. The average molecular weight is 448 g/mol. The van der Waals surface area contributed by atoms with Crippen LogP contribution in [-0.4, -0.2) is 39.9 Å². The van der Waals surface area contributed by atoms with Gasteiger partial charge in [0.05, 0.1) is 11.1 Å². The van der Waals surface area contributed by atoms with Crippen LogP contribution in [0.2, 0.25) is 0 Å². The van der Waals surface area contributed by atoms with E-state index in [2.05, 4.69) is 10.3 Å². The van der Waals surface area contributed by atoms with Gasteiger partial charge in [-0.2, -0.15) is 0 Å². The van der Waals surface area contributed by atoms with E-state index in [9.17, 15) is 19.2 Å². The fourth-order valence-corrected chi connectivity index (χ4v) is 4.32. The number of nitrogens with zero attached hydrogens (tertiary/aromatic N) is 2. The van der Waals surface area contributed by atoms with Crippen molar-refractivity contribution in [1.29, 1.82) is 0 Å². The number of nitrogens with one attached hydrogen (secondary N) is 1. The second kappa shape index (κ2) is 9.65. The second-order valence-corrected chi connectivity index (χ2v) is 8.50. The summed E-state index contributed by atoms with van der Waals surface area (Å²) in [5.41, 5.74) is 1.51. The van der Waals surface area contributed by atoms with Gasteiger partial charge in [0.1, 0.15) is 0 Å². The molecule has 0 saturated heterocycles. The second-order valence-electron chi connectivity index (χ2n) is 7.38. The molecule has 3 aromatic rings. The Labute approximate surface area is 189 Å². The van der Waals surface area contributed by atoms with Gasteiger partial charge in [-0.3, -0.25) is 24.1 Å². The van der Waals surface area contributed by atoms with Crippen LogP contribution < -0.4 is 5.32 Å². The highest BCUT2D eigenvalue weighted by atomic mass is 32.1. The van der Waals surface area contributed by atoms with Gasteiger partial charge in [0.2, 0.25) is 5.91 Å². The van der Waals surface area contributed by atoms with Gasteiger partial charge in [-0.25, -0.2) is 4.98 Å². The number of carbonyl (C=O) groups excluding carboxylic acids is 4. The van der Waals surface area contributed by atoms with Crippen LogP contribution in [0, 0.1) is 0 Å². The van der Waals surface area contributed by atoms with Gasteiger partial charge >= 0.3 is 0 Å². The van der Waals surface area contributed by atoms with Crippen molar-refractivity contribution in [3.05, 3.63) is 82.4 Å². The van der Waals surface area contributed by atoms with Crippen LogP contribution in [0.15, 0.2) is 60.8 Å². The highest BCUT2D eigenvalue weighted by molar-refractivity contribution is 7.15. The number of thiazole rings is 1. The first-order chi connectivity index (χ1) is 15.5. The highest BCUT2D eigenvalue weighted by Crippen LogP contribution is 2.24. The summed E-state index contributed by atoms with van der Waals surface area (Å²) in [5.74, 6) is -0.752. The minimum Gasteiger partial charge on any atom is -0.302 e. The summed E-state index contributed by atoms with van der Waals surface area (Å²) in [7, 11) is 0. The maximum absolute atomic E-state index is 12.4. The Kier molecular flexibility index (Phi) is 6.51. The molecule has 3 amide bonds. The SMILES string of the molecule is O=C(CCCC(=O)c1ccccc1)Nc1ncc(CCN2C(=O)c3ccccc3C2=O)s1. The van der Waals surface area contributed by atoms with E-state index >= 15 is 0 Å². The topological polar surface area (TPSA) is 96.4 Å². The van der Waals surface area contributed by atoms with E-state index in [0.717, 1.165) is 4.88 Å². The number of imide groups is 1. The van der Waals surface area contributed by atoms with Crippen molar-refractivity contribution in [2.75, 3.05) is 11.9 Å². The number of Topliss-reactive ketones (excluding diaryl/α,β-unsaturated/α-hetero) is 1. The molecule has 1 aliphatic rings. The lowest BCUT2D eigenvalue weighted by Crippen LogP contribution is -2.31. The number of benzene rings is 2. The molecular formula is C24H21N3O4S. The number of hydrogen-bond donors (Lipinski definition) is 1. The quantitative estimate of drug-likeness (QED) is 0.395. The summed E-state index contributed by atoms with van der Waals surface area (Å²) in [4.78, 5) is 55.4. The highest BCUT2D eigenvalue weighted by Gasteiger charge is 2.34. The van der Waals surface area contributed by atoms with Crippen molar-refractivity contribution in [3.63, 3.8) is 0 Å². The van der Waals surface area contributed by atoms with E-state index in [1.807, 2.05) is 18.2 Å². The Hall–Kier alpha value is -3.65. The fraction of sp³-hybridized carbons (Fsp3) is 0.208. The minimum atomic E-state index is -0.284. The zero-order valence-corrected chi connectivity index (χ0v) is 18.1. The number of fused-ring (bicyclic) bond motifs is 1. The van der Waals surface area contributed by atoms with Crippen LogP contribution in [0.5, 0.6) is 0 Å². The first-order valence-electron chi connectivity index (χ1n) is 10.3. The van der Waals surface area contributed by atoms with Crippen LogP contribution in [0.4, 0.5) is 5.13 Å². The molecule has 0 spiro atoms. The Morgan fingerprint density at radius 2 is 1.56 bits per heavy atom. The van der Waals surface area contributed by atoms with Crippen molar-refractivity contribution in [2.45, 2.75) is 25.7 Å². The van der Waals surface area contributed by atoms with Crippen molar-refractivity contribution in [3.8, 4) is 0 Å². The average Bonchev–Trinajstić information content (AvgIpc) is 3.35. The molecule has 2 heterocycles. The molecule has 1 N–H and O–H groups in total. The van der Waals surface area contributed by atoms with E-state index < -0.39 is 0 Å². The Balaban J connectivity index is 1.23. The molecule has 2 aromatic carbocycles. The van der Waals surface area contributed by atoms with Gasteiger partial charge in [0.25, 0.3) is 11.8 Å². The van der Waals surface area contributed by atoms with Gasteiger partial charge in [-0.1, -0.05) is 42.5 Å². The van der Waals surface area contributed by atoms with Gasteiger partial charge in [0.15, 0.2) is 10.9 Å². The molecule has 0 fully saturated rings. The molecule has 0 unspecified atom stereocenters. The van der Waals surface area contributed by atoms with E-state index in [-0.39, 0.29) is 36.5 Å². The predicted octanol–water partition coefficient (Wildman–Crippen LogP) is 3.97. The molecule has 1 aliphatic heterocycles. The van der Waals surface area contributed by atoms with E-state index in [0.29, 0.717) is 41.1 Å². The smallest absolute Gasteiger partial charge is 0.261 e. The minimum absolute atomic E-state index is 0.0168. The van der Waals surface area contributed by atoms with Crippen LogP contribution in [-0.2, 0) is 11.2 Å². The largest absolute Gasteiger partial charge is 0.302 e. The predicted molar refractivity (Wildman–Crippen MR) is 121 cm³/mol. The molecular weight excluding hydrogens is 426 g/mol. The summed E-state index contributed by atoms with van der Waals surface area (Å²) in [5, 5.41) is 3.21. The number of anilines is 1. The van der Waals surface area contributed by atoms with Crippen LogP contribution >= 0.6 is 11.3 Å². The lowest BCUT2D eigenvalue weighted by atomic mass is 10.1. The number of aromatic nitrogens is 1. The molecule has 8 heteroatoms. The Bertz CT molecular complexity index is 1140. The normalized spacial score (nSPS) is 12.7. The molecule has 0 bridgehead atoms. The van der Waals surface area contributed by atoms with E-state index in [1.54, 1.807) is 42.6 Å². The zero-order chi connectivity index (χ0) is 22.5. The molecule has 7 nitrogen and oxygen atoms in total. The molecule has 0 aliphatic carbocycles.